The summed E-state index contributed by atoms with van der Waals surface area (Å²) in [5, 5.41) is 4.64. The first-order valence-electron chi connectivity index (χ1n) is 15.5. The Bertz CT molecular complexity index is 1880. The maximum atomic E-state index is 13.9. The summed E-state index contributed by atoms with van der Waals surface area (Å²) in [6.45, 7) is 1.54. The number of hydrogen-bond donors (Lipinski definition) is 1. The minimum Gasteiger partial charge on any atom is -0.472 e. The van der Waals surface area contributed by atoms with Crippen molar-refractivity contribution in [1.29, 1.82) is 0 Å². The Morgan fingerprint density at radius 1 is 0.977 bits per heavy atom. The molecule has 43 heavy (non-hydrogen) atoms. The molecule has 0 atom stereocenters. The van der Waals surface area contributed by atoms with Crippen LogP contribution in [-0.2, 0) is 24.4 Å². The molecule has 7 rings (SSSR count). The number of hydrogen-bond acceptors (Lipinski definition) is 4. The molecule has 220 valence electrons. The number of allylic oxidation sites excluding steroid dienone is 1. The molecule has 2 fully saturated rings. The van der Waals surface area contributed by atoms with Gasteiger partial charge in [-0.1, -0.05) is 37.5 Å². The van der Waals surface area contributed by atoms with E-state index in [2.05, 4.69) is 33.6 Å². The maximum absolute atomic E-state index is 13.9. The zero-order valence-corrected chi connectivity index (χ0v) is 25.2. The summed E-state index contributed by atoms with van der Waals surface area (Å²) in [6.07, 6.45) is 15.9. The van der Waals surface area contributed by atoms with Crippen LogP contribution in [0.4, 0.5) is 0 Å². The van der Waals surface area contributed by atoms with Crippen LogP contribution in [0.3, 0.4) is 0 Å². The quantitative estimate of drug-likeness (QED) is 0.201. The molecule has 0 spiro atoms. The summed E-state index contributed by atoms with van der Waals surface area (Å²) in [6, 6.07) is 14.2. The third kappa shape index (κ3) is 4.71. The number of rotatable bonds is 7. The number of imidazole rings is 1. The van der Waals surface area contributed by atoms with E-state index in [1.807, 2.05) is 49.7 Å². The number of aryl methyl sites for hydroxylation is 2. The molecule has 2 aromatic carbocycles. The van der Waals surface area contributed by atoms with Crippen LogP contribution in [-0.4, -0.2) is 25.8 Å². The largest absolute Gasteiger partial charge is 0.472 e. The summed E-state index contributed by atoms with van der Waals surface area (Å²) in [5.41, 5.74) is 7.67. The first-order valence-corrected chi connectivity index (χ1v) is 15.5. The Hall–Kier alpha value is -4.39. The predicted octanol–water partition coefficient (Wildman–Crippen LogP) is 7.78. The molecule has 0 radical (unpaired) electrons. The normalized spacial score (nSPS) is 17.1. The van der Waals surface area contributed by atoms with Gasteiger partial charge >= 0.3 is 0 Å². The number of carbonyl (C=O) groups is 2. The predicted molar refractivity (Wildman–Crippen MR) is 170 cm³/mol. The minimum atomic E-state index is -0.515. The topological polar surface area (TPSA) is 82.1 Å². The van der Waals surface area contributed by atoms with Crippen LogP contribution in [0.5, 0.6) is 0 Å². The third-order valence-corrected chi connectivity index (χ3v) is 9.71. The summed E-state index contributed by atoms with van der Waals surface area (Å²) in [7, 11) is 4.12. The SMILES string of the molecule is CC(=O)/C=C/c1ccc2c(c1)nc(C1(NC(=O)c3ccc4c(C5CCCCC5)c(-c5ccoc5)n(C)c4c3)CCC1)n2C. The highest BCUT2D eigenvalue weighted by molar-refractivity contribution is 6.01. The molecule has 3 aromatic heterocycles. The molecule has 1 N–H and O–H groups in total. The number of ketones is 1. The molecular formula is C36H38N4O3. The van der Waals surface area contributed by atoms with Crippen molar-refractivity contribution < 1.29 is 14.0 Å². The fraction of sp³-hybridized carbons (Fsp3) is 0.361. The number of fused-ring (bicyclic) bond motifs is 2. The summed E-state index contributed by atoms with van der Waals surface area (Å²) in [5.74, 6) is 1.31. The lowest BCUT2D eigenvalue weighted by molar-refractivity contribution is -0.112. The molecule has 0 bridgehead atoms. The highest BCUT2D eigenvalue weighted by Crippen LogP contribution is 2.45. The zero-order chi connectivity index (χ0) is 29.7. The first-order chi connectivity index (χ1) is 20.8. The van der Waals surface area contributed by atoms with Gasteiger partial charge in [0.2, 0.25) is 0 Å². The fourth-order valence-corrected chi connectivity index (χ4v) is 7.35. The Morgan fingerprint density at radius 2 is 1.79 bits per heavy atom. The molecule has 0 saturated heterocycles. The van der Waals surface area contributed by atoms with E-state index in [9.17, 15) is 9.59 Å². The zero-order valence-electron chi connectivity index (χ0n) is 25.2. The lowest BCUT2D eigenvalue weighted by atomic mass is 9.75. The van der Waals surface area contributed by atoms with Gasteiger partial charge in [0, 0.05) is 36.1 Å². The minimum absolute atomic E-state index is 0.00869. The van der Waals surface area contributed by atoms with Crippen LogP contribution >= 0.6 is 0 Å². The summed E-state index contributed by atoms with van der Waals surface area (Å²) >= 11 is 0. The maximum Gasteiger partial charge on any atom is 0.252 e. The lowest BCUT2D eigenvalue weighted by Crippen LogP contribution is -2.52. The Labute approximate surface area is 251 Å². The summed E-state index contributed by atoms with van der Waals surface area (Å²) in [4.78, 5) is 30.4. The van der Waals surface area contributed by atoms with Crippen molar-refractivity contribution in [3.05, 3.63) is 83.6 Å². The number of carbonyl (C=O) groups excluding carboxylic acids is 2. The van der Waals surface area contributed by atoms with Crippen molar-refractivity contribution in [1.82, 2.24) is 19.4 Å². The van der Waals surface area contributed by atoms with Crippen LogP contribution in [0.25, 0.3) is 39.3 Å². The van der Waals surface area contributed by atoms with E-state index >= 15 is 0 Å². The van der Waals surface area contributed by atoms with Crippen molar-refractivity contribution in [2.24, 2.45) is 14.1 Å². The van der Waals surface area contributed by atoms with Crippen molar-refractivity contribution in [2.45, 2.75) is 69.7 Å². The van der Waals surface area contributed by atoms with Crippen LogP contribution < -0.4 is 5.32 Å². The third-order valence-electron chi connectivity index (χ3n) is 9.71. The smallest absolute Gasteiger partial charge is 0.252 e. The molecule has 0 unspecified atom stereocenters. The van der Waals surface area contributed by atoms with Gasteiger partial charge in [0.05, 0.1) is 34.8 Å². The standard InChI is InChI=1S/C36H38N4O3/c1-23(41)10-11-24-12-15-30-29(20-24)37-35(40(30)3)36(17-7-18-36)38-34(42)26-13-14-28-31(21-26)39(2)33(27-16-19-43-22-27)32(28)25-8-5-4-6-9-25/h10-16,19-22,25H,4-9,17-18H2,1-3H3,(H,38,42)/b11-10+. The average Bonchev–Trinajstić information content (AvgIpc) is 3.71. The van der Waals surface area contributed by atoms with Gasteiger partial charge in [-0.3, -0.25) is 9.59 Å². The van der Waals surface area contributed by atoms with Gasteiger partial charge in [-0.25, -0.2) is 4.98 Å². The van der Waals surface area contributed by atoms with Crippen LogP contribution in [0, 0.1) is 0 Å². The van der Waals surface area contributed by atoms with Gasteiger partial charge in [-0.2, -0.15) is 0 Å². The van der Waals surface area contributed by atoms with E-state index < -0.39 is 5.54 Å². The molecule has 5 aromatic rings. The molecule has 7 heteroatoms. The number of furan rings is 1. The monoisotopic (exact) mass is 574 g/mol. The van der Waals surface area contributed by atoms with Crippen LogP contribution in [0.1, 0.15) is 91.5 Å². The van der Waals surface area contributed by atoms with Crippen molar-refractivity contribution >= 4 is 39.7 Å². The average molecular weight is 575 g/mol. The molecule has 2 aliphatic carbocycles. The van der Waals surface area contributed by atoms with Crippen molar-refractivity contribution in [3.8, 4) is 11.3 Å². The fourth-order valence-electron chi connectivity index (χ4n) is 7.35. The van der Waals surface area contributed by atoms with Crippen molar-refractivity contribution in [3.63, 3.8) is 0 Å². The lowest BCUT2D eigenvalue weighted by Gasteiger charge is -2.41. The second-order valence-corrected chi connectivity index (χ2v) is 12.5. The Morgan fingerprint density at radius 3 is 2.49 bits per heavy atom. The molecular weight excluding hydrogens is 536 g/mol. The van der Waals surface area contributed by atoms with Gasteiger partial charge < -0.3 is 18.9 Å². The van der Waals surface area contributed by atoms with E-state index in [0.29, 0.717) is 11.5 Å². The Kier molecular flexibility index (Phi) is 6.83. The molecule has 3 heterocycles. The van der Waals surface area contributed by atoms with Gasteiger partial charge in [0.25, 0.3) is 5.91 Å². The van der Waals surface area contributed by atoms with Crippen LogP contribution in [0.2, 0.25) is 0 Å². The van der Waals surface area contributed by atoms with E-state index in [1.54, 1.807) is 19.3 Å². The number of nitrogens with zero attached hydrogens (tertiary/aromatic N) is 3. The molecule has 0 aliphatic heterocycles. The Balaban J connectivity index is 1.23. The van der Waals surface area contributed by atoms with Gasteiger partial charge in [0.1, 0.15) is 5.82 Å². The molecule has 2 aliphatic rings. The van der Waals surface area contributed by atoms with E-state index in [-0.39, 0.29) is 11.7 Å². The van der Waals surface area contributed by atoms with E-state index in [0.717, 1.165) is 52.8 Å². The van der Waals surface area contributed by atoms with Gasteiger partial charge in [-0.15, -0.1) is 0 Å². The first kappa shape index (κ1) is 27.4. The van der Waals surface area contributed by atoms with Crippen molar-refractivity contribution in [2.75, 3.05) is 0 Å². The number of nitrogens with one attached hydrogen (secondary N) is 1. The molecule has 2 saturated carbocycles. The van der Waals surface area contributed by atoms with Gasteiger partial charge in [-0.05, 0) is 92.5 Å². The molecule has 1 amide bonds. The number of amides is 1. The highest BCUT2D eigenvalue weighted by atomic mass is 16.3. The number of aromatic nitrogens is 3. The number of benzene rings is 2. The summed E-state index contributed by atoms with van der Waals surface area (Å²) < 4.78 is 9.84. The van der Waals surface area contributed by atoms with Crippen LogP contribution in [0.15, 0.2) is 65.5 Å². The van der Waals surface area contributed by atoms with E-state index in [1.165, 1.54) is 48.7 Å². The second-order valence-electron chi connectivity index (χ2n) is 12.5. The molecule has 7 nitrogen and oxygen atoms in total. The van der Waals surface area contributed by atoms with E-state index in [4.69, 9.17) is 9.40 Å². The highest BCUT2D eigenvalue weighted by Gasteiger charge is 2.44. The second kappa shape index (κ2) is 10.7. The van der Waals surface area contributed by atoms with Gasteiger partial charge in [0.15, 0.2) is 5.78 Å².